The predicted molar refractivity (Wildman–Crippen MR) is 103 cm³/mol. The van der Waals surface area contributed by atoms with Gasteiger partial charge in [-0.25, -0.2) is 4.58 Å². The topological polar surface area (TPSA) is 6.25 Å². The molecule has 0 bridgehead atoms. The number of anilines is 1. The molecule has 0 aliphatic carbocycles. The Hall–Kier alpha value is -1.57. The second kappa shape index (κ2) is 6.90. The molecule has 0 aliphatic heterocycles. The first kappa shape index (κ1) is 17.8. The van der Waals surface area contributed by atoms with Crippen LogP contribution in [0.5, 0.6) is 0 Å². The molecule has 0 saturated carbocycles. The molecule has 23 heavy (non-hydrogen) atoms. The van der Waals surface area contributed by atoms with Crippen molar-refractivity contribution in [2.75, 3.05) is 4.90 Å². The van der Waals surface area contributed by atoms with Crippen molar-refractivity contribution in [1.29, 1.82) is 0 Å². The monoisotopic (exact) mass is 313 g/mol. The molecule has 0 spiro atoms. The van der Waals surface area contributed by atoms with Crippen LogP contribution in [0.4, 0.5) is 5.69 Å². The zero-order valence-corrected chi connectivity index (χ0v) is 16.1. The normalized spacial score (nSPS) is 12.2. The third-order valence-corrected chi connectivity index (χ3v) is 4.44. The van der Waals surface area contributed by atoms with E-state index in [1.807, 2.05) is 0 Å². The van der Waals surface area contributed by atoms with Crippen molar-refractivity contribution < 1.29 is 0 Å². The van der Waals surface area contributed by atoms with Gasteiger partial charge in [-0.3, -0.25) is 0 Å². The largest absolute Gasteiger partial charge is 0.361 e. The molecule has 0 aromatic heterocycles. The van der Waals surface area contributed by atoms with Gasteiger partial charge in [-0.15, -0.1) is 0 Å². The quantitative estimate of drug-likeness (QED) is 0.715. The van der Waals surface area contributed by atoms with Crippen molar-refractivity contribution in [3.05, 3.63) is 35.7 Å². The molecule has 0 aliphatic rings. The number of hydrogen-bond donors (Lipinski definition) is 0. The summed E-state index contributed by atoms with van der Waals surface area (Å²) in [5, 5.41) is 1.45. The Kier molecular flexibility index (Phi) is 5.33. The summed E-state index contributed by atoms with van der Waals surface area (Å²) < 4.78 is 2.56. The average molecular weight is 314 g/mol. The summed E-state index contributed by atoms with van der Waals surface area (Å²) >= 11 is 0. The van der Waals surface area contributed by atoms with Crippen LogP contribution in [0.1, 0.15) is 55.4 Å². The van der Waals surface area contributed by atoms with Crippen LogP contribution in [-0.4, -0.2) is 24.2 Å². The predicted octanol–water partition coefficient (Wildman–Crippen LogP) is 4.44. The van der Waals surface area contributed by atoms with Gasteiger partial charge in [0.2, 0.25) is 5.36 Å². The highest BCUT2D eigenvalue weighted by Crippen LogP contribution is 2.36. The maximum Gasteiger partial charge on any atom is 0.235 e. The smallest absolute Gasteiger partial charge is 0.235 e. The van der Waals surface area contributed by atoms with E-state index in [2.05, 4.69) is 95.2 Å². The van der Waals surface area contributed by atoms with Crippen molar-refractivity contribution in [1.82, 2.24) is 4.58 Å². The van der Waals surface area contributed by atoms with E-state index in [1.165, 1.54) is 22.2 Å². The molecule has 2 aromatic rings. The van der Waals surface area contributed by atoms with E-state index >= 15 is 0 Å². The van der Waals surface area contributed by atoms with Crippen molar-refractivity contribution in [2.45, 2.75) is 79.6 Å². The lowest BCUT2D eigenvalue weighted by atomic mass is 10.1. The van der Waals surface area contributed by atoms with Gasteiger partial charge in [0.05, 0.1) is 5.56 Å². The SMILES string of the molecule is CC(C)N(c1c(-c2ccccc2)c1=[N+](C(C)C)C(C)C)C(C)C. The number of rotatable bonds is 6. The number of nitrogens with zero attached hydrogens (tertiary/aromatic N) is 2. The molecular weight excluding hydrogens is 280 g/mol. The van der Waals surface area contributed by atoms with E-state index < -0.39 is 0 Å². The molecule has 126 valence electrons. The van der Waals surface area contributed by atoms with Gasteiger partial charge in [0.25, 0.3) is 0 Å². The lowest BCUT2D eigenvalue weighted by molar-refractivity contribution is 0.429. The molecule has 0 unspecified atom stereocenters. The molecule has 2 nitrogen and oxygen atoms in total. The van der Waals surface area contributed by atoms with E-state index in [1.54, 1.807) is 0 Å². The van der Waals surface area contributed by atoms with Crippen LogP contribution in [0.25, 0.3) is 11.1 Å². The molecule has 0 fully saturated rings. The Bertz CT molecular complexity index is 635. The molecule has 0 N–H and O–H groups in total. The van der Waals surface area contributed by atoms with Crippen LogP contribution in [0.3, 0.4) is 0 Å². The molecule has 0 heterocycles. The van der Waals surface area contributed by atoms with Crippen LogP contribution in [0.2, 0.25) is 0 Å². The van der Waals surface area contributed by atoms with Crippen LogP contribution in [0.15, 0.2) is 30.3 Å². The summed E-state index contributed by atoms with van der Waals surface area (Å²) in [6.07, 6.45) is 0. The van der Waals surface area contributed by atoms with Crippen LogP contribution < -0.4 is 14.8 Å². The highest BCUT2D eigenvalue weighted by Gasteiger charge is 2.37. The fourth-order valence-corrected chi connectivity index (χ4v) is 3.77. The van der Waals surface area contributed by atoms with E-state index in [9.17, 15) is 0 Å². The summed E-state index contributed by atoms with van der Waals surface area (Å²) in [6.45, 7) is 18.3. The standard InChI is InChI=1S/C21H33N2/c1-14(2)22(15(3)4)20-19(18-12-10-9-11-13-18)21(20)23(16(5)6)17(7)8/h9-17H,1-8H3/q+1. The summed E-state index contributed by atoms with van der Waals surface area (Å²) in [5.41, 5.74) is 4.23. The van der Waals surface area contributed by atoms with Crippen LogP contribution >= 0.6 is 0 Å². The Morgan fingerprint density at radius 1 is 0.739 bits per heavy atom. The minimum atomic E-state index is 0.502. The molecular formula is C21H33N2+. The average Bonchev–Trinajstić information content (AvgIpc) is 3.12. The van der Waals surface area contributed by atoms with E-state index in [-0.39, 0.29) is 0 Å². The summed E-state index contributed by atoms with van der Waals surface area (Å²) in [5.74, 6) is 0. The first-order valence-electron chi connectivity index (χ1n) is 9.01. The summed E-state index contributed by atoms with van der Waals surface area (Å²) in [7, 11) is 0. The summed E-state index contributed by atoms with van der Waals surface area (Å²) in [6, 6.07) is 12.9. The van der Waals surface area contributed by atoms with Gasteiger partial charge < -0.3 is 4.90 Å². The van der Waals surface area contributed by atoms with E-state index in [0.717, 1.165) is 0 Å². The molecule has 0 saturated heterocycles. The van der Waals surface area contributed by atoms with Crippen LogP contribution in [-0.2, 0) is 0 Å². The Morgan fingerprint density at radius 2 is 1.22 bits per heavy atom. The fraction of sp³-hybridized carbons (Fsp3) is 0.571. The second-order valence-corrected chi connectivity index (χ2v) is 7.63. The van der Waals surface area contributed by atoms with Crippen molar-refractivity contribution in [2.24, 2.45) is 0 Å². The molecule has 2 heteroatoms. The van der Waals surface area contributed by atoms with Gasteiger partial charge in [0.1, 0.15) is 17.8 Å². The first-order valence-corrected chi connectivity index (χ1v) is 9.01. The minimum absolute atomic E-state index is 0.502. The van der Waals surface area contributed by atoms with Gasteiger partial charge in [-0.2, -0.15) is 0 Å². The molecule has 0 atom stereocenters. The molecule has 0 amide bonds. The van der Waals surface area contributed by atoms with E-state index in [0.29, 0.717) is 24.2 Å². The van der Waals surface area contributed by atoms with E-state index in [4.69, 9.17) is 0 Å². The summed E-state index contributed by atoms with van der Waals surface area (Å²) in [4.78, 5) is 2.56. The van der Waals surface area contributed by atoms with Gasteiger partial charge in [-0.05, 0) is 61.0 Å². The van der Waals surface area contributed by atoms with Gasteiger partial charge >= 0.3 is 0 Å². The first-order chi connectivity index (χ1) is 10.8. The van der Waals surface area contributed by atoms with Crippen molar-refractivity contribution in [3.8, 4) is 11.1 Å². The van der Waals surface area contributed by atoms with Gasteiger partial charge in [-0.1, -0.05) is 30.3 Å². The Morgan fingerprint density at radius 3 is 1.61 bits per heavy atom. The third kappa shape index (κ3) is 3.52. The Labute approximate surface area is 142 Å². The van der Waals surface area contributed by atoms with Crippen molar-refractivity contribution >= 4 is 5.69 Å². The zero-order valence-electron chi connectivity index (χ0n) is 16.1. The maximum absolute atomic E-state index is 2.56. The highest BCUT2D eigenvalue weighted by atomic mass is 15.2. The highest BCUT2D eigenvalue weighted by molar-refractivity contribution is 5.90. The lowest BCUT2D eigenvalue weighted by Gasteiger charge is -2.29. The van der Waals surface area contributed by atoms with Crippen molar-refractivity contribution in [3.63, 3.8) is 0 Å². The minimum Gasteiger partial charge on any atom is -0.361 e. The molecule has 2 aromatic carbocycles. The number of benzene rings is 1. The van der Waals surface area contributed by atoms with Gasteiger partial charge in [0, 0.05) is 12.1 Å². The Balaban J connectivity index is 2.70. The van der Waals surface area contributed by atoms with Crippen LogP contribution in [0, 0.1) is 0 Å². The van der Waals surface area contributed by atoms with Gasteiger partial charge in [0.15, 0.2) is 0 Å². The molecule has 2 rings (SSSR count). The molecule has 0 radical (unpaired) electrons. The second-order valence-electron chi connectivity index (χ2n) is 7.63. The fourth-order valence-electron chi connectivity index (χ4n) is 3.77. The number of hydrogen-bond acceptors (Lipinski definition) is 1. The third-order valence-electron chi connectivity index (χ3n) is 4.44. The maximum atomic E-state index is 2.56. The lowest BCUT2D eigenvalue weighted by Crippen LogP contribution is -2.41. The zero-order chi connectivity index (χ0) is 17.3.